The summed E-state index contributed by atoms with van der Waals surface area (Å²) in [4.78, 5) is 9.55. The van der Waals surface area contributed by atoms with Gasteiger partial charge in [-0.3, -0.25) is 0 Å². The van der Waals surface area contributed by atoms with Crippen LogP contribution in [-0.2, 0) is 10.0 Å². The highest BCUT2D eigenvalue weighted by Crippen LogP contribution is 2.29. The van der Waals surface area contributed by atoms with E-state index >= 15 is 0 Å². The van der Waals surface area contributed by atoms with Crippen LogP contribution >= 0.6 is 0 Å². The second-order valence-corrected chi connectivity index (χ2v) is 9.86. The molecule has 0 aliphatic heterocycles. The lowest BCUT2D eigenvalue weighted by Gasteiger charge is -2.28. The van der Waals surface area contributed by atoms with Gasteiger partial charge in [-0.25, -0.2) is 18.1 Å². The van der Waals surface area contributed by atoms with E-state index in [1.54, 1.807) is 24.3 Å². The third-order valence-electron chi connectivity index (χ3n) is 5.97. The van der Waals surface area contributed by atoms with Gasteiger partial charge < -0.3 is 10.6 Å². The molecule has 0 atom stereocenters. The Morgan fingerprint density at radius 3 is 2.23 bits per heavy atom. The van der Waals surface area contributed by atoms with E-state index in [0.717, 1.165) is 48.9 Å². The van der Waals surface area contributed by atoms with Crippen molar-refractivity contribution in [2.24, 2.45) is 11.8 Å². The topological polar surface area (TPSA) is 96.0 Å². The fourth-order valence-corrected chi connectivity index (χ4v) is 5.27. The Labute approximate surface area is 183 Å². The Hall–Kier alpha value is -2.71. The molecule has 164 valence electrons. The van der Waals surface area contributed by atoms with Crippen LogP contribution in [0.25, 0.3) is 10.9 Å². The van der Waals surface area contributed by atoms with Gasteiger partial charge in [-0.15, -0.1) is 0 Å². The summed E-state index contributed by atoms with van der Waals surface area (Å²) in [6.45, 7) is 1.32. The van der Waals surface area contributed by atoms with E-state index in [2.05, 4.69) is 25.3 Å². The third kappa shape index (κ3) is 5.32. The summed E-state index contributed by atoms with van der Waals surface area (Å²) >= 11 is 0. The number of para-hydroxylation sites is 1. The summed E-state index contributed by atoms with van der Waals surface area (Å²) in [5, 5.41) is 7.55. The van der Waals surface area contributed by atoms with Gasteiger partial charge in [0.05, 0.1) is 10.4 Å². The summed E-state index contributed by atoms with van der Waals surface area (Å²) in [7, 11) is -1.56. The SMILES string of the molecule is CNc1nc(NC[C@H]2CC[C@H](CNS(=O)(=O)c3ccccc3)CC2)nc2ccccc12. The Balaban J connectivity index is 1.27. The Kier molecular flexibility index (Phi) is 6.67. The standard InChI is InChI=1S/C23H29N5O2S/c1-24-22-20-9-5-6-10-21(20)27-23(28-22)25-15-17-11-13-18(14-12-17)16-26-31(29,30)19-7-3-2-4-8-19/h2-10,17-18,26H,11-16H2,1H3,(H2,24,25,27,28)/t17-,18-. The summed E-state index contributed by atoms with van der Waals surface area (Å²) in [6, 6.07) is 16.5. The van der Waals surface area contributed by atoms with Crippen LogP contribution in [0, 0.1) is 11.8 Å². The predicted octanol–water partition coefficient (Wildman–Crippen LogP) is 3.87. The first-order valence-electron chi connectivity index (χ1n) is 10.8. The second-order valence-electron chi connectivity index (χ2n) is 8.10. The van der Waals surface area contributed by atoms with Gasteiger partial charge in [0.2, 0.25) is 16.0 Å². The van der Waals surface area contributed by atoms with Crippen molar-refractivity contribution in [2.75, 3.05) is 30.8 Å². The molecule has 3 aromatic rings. The predicted molar refractivity (Wildman–Crippen MR) is 125 cm³/mol. The van der Waals surface area contributed by atoms with Gasteiger partial charge in [-0.2, -0.15) is 4.98 Å². The summed E-state index contributed by atoms with van der Waals surface area (Å²) in [5.74, 6) is 2.38. The van der Waals surface area contributed by atoms with Gasteiger partial charge >= 0.3 is 0 Å². The molecule has 7 nitrogen and oxygen atoms in total. The highest BCUT2D eigenvalue weighted by atomic mass is 32.2. The Morgan fingerprint density at radius 1 is 0.871 bits per heavy atom. The number of hydrogen-bond acceptors (Lipinski definition) is 6. The molecule has 0 radical (unpaired) electrons. The van der Waals surface area contributed by atoms with E-state index in [0.29, 0.717) is 29.2 Å². The molecule has 0 unspecified atom stereocenters. The zero-order valence-corrected chi connectivity index (χ0v) is 18.5. The van der Waals surface area contributed by atoms with Gasteiger partial charge in [-0.05, 0) is 61.8 Å². The van der Waals surface area contributed by atoms with Gasteiger partial charge in [0.1, 0.15) is 5.82 Å². The van der Waals surface area contributed by atoms with E-state index in [1.807, 2.05) is 37.4 Å². The molecule has 8 heteroatoms. The fraction of sp³-hybridized carbons (Fsp3) is 0.391. The van der Waals surface area contributed by atoms with Crippen molar-refractivity contribution in [3.63, 3.8) is 0 Å². The Morgan fingerprint density at radius 2 is 1.52 bits per heavy atom. The molecule has 1 aromatic heterocycles. The number of benzene rings is 2. The minimum atomic E-state index is -3.43. The number of rotatable bonds is 8. The van der Waals surface area contributed by atoms with Crippen molar-refractivity contribution in [3.05, 3.63) is 54.6 Å². The molecule has 1 saturated carbocycles. The molecule has 0 bridgehead atoms. The first-order valence-corrected chi connectivity index (χ1v) is 12.3. The maximum Gasteiger partial charge on any atom is 0.240 e. The number of sulfonamides is 1. The van der Waals surface area contributed by atoms with E-state index in [1.165, 1.54) is 0 Å². The molecule has 3 N–H and O–H groups in total. The molecule has 1 heterocycles. The van der Waals surface area contributed by atoms with Crippen LogP contribution in [0.4, 0.5) is 11.8 Å². The molecule has 31 heavy (non-hydrogen) atoms. The number of nitrogens with zero attached hydrogens (tertiary/aromatic N) is 2. The zero-order chi connectivity index (χ0) is 21.7. The molecule has 0 amide bonds. The van der Waals surface area contributed by atoms with Gasteiger partial charge in [0.25, 0.3) is 0 Å². The first-order chi connectivity index (χ1) is 15.0. The number of anilines is 2. The number of fused-ring (bicyclic) bond motifs is 1. The molecular weight excluding hydrogens is 410 g/mol. The van der Waals surface area contributed by atoms with E-state index in [9.17, 15) is 8.42 Å². The molecule has 1 aliphatic carbocycles. The third-order valence-corrected chi connectivity index (χ3v) is 7.41. The van der Waals surface area contributed by atoms with Crippen LogP contribution in [-0.4, -0.2) is 38.5 Å². The molecule has 1 aliphatic rings. The van der Waals surface area contributed by atoms with E-state index in [-0.39, 0.29) is 0 Å². The average Bonchev–Trinajstić information content (AvgIpc) is 2.82. The molecule has 2 aromatic carbocycles. The molecule has 4 rings (SSSR count). The highest BCUT2D eigenvalue weighted by molar-refractivity contribution is 7.89. The normalized spacial score (nSPS) is 19.3. The molecule has 1 fully saturated rings. The highest BCUT2D eigenvalue weighted by Gasteiger charge is 2.23. The van der Waals surface area contributed by atoms with Crippen molar-refractivity contribution in [1.29, 1.82) is 0 Å². The smallest absolute Gasteiger partial charge is 0.240 e. The first kappa shape index (κ1) is 21.5. The van der Waals surface area contributed by atoms with Crippen LogP contribution in [0.1, 0.15) is 25.7 Å². The minimum Gasteiger partial charge on any atom is -0.372 e. The molecule has 0 saturated heterocycles. The number of aromatic nitrogens is 2. The quantitative estimate of drug-likeness (QED) is 0.493. The summed E-state index contributed by atoms with van der Waals surface area (Å²) in [6.07, 6.45) is 4.17. The largest absolute Gasteiger partial charge is 0.372 e. The number of nitrogens with one attached hydrogen (secondary N) is 3. The summed E-state index contributed by atoms with van der Waals surface area (Å²) in [5.41, 5.74) is 0.916. The lowest BCUT2D eigenvalue weighted by molar-refractivity contribution is 0.284. The van der Waals surface area contributed by atoms with Crippen molar-refractivity contribution < 1.29 is 8.42 Å². The fourth-order valence-electron chi connectivity index (χ4n) is 4.13. The average molecular weight is 440 g/mol. The van der Waals surface area contributed by atoms with Crippen molar-refractivity contribution in [2.45, 2.75) is 30.6 Å². The van der Waals surface area contributed by atoms with Gasteiger partial charge in [0.15, 0.2) is 0 Å². The van der Waals surface area contributed by atoms with Crippen LogP contribution in [0.15, 0.2) is 59.5 Å². The molecular formula is C23H29N5O2S. The van der Waals surface area contributed by atoms with Gasteiger partial charge in [0, 0.05) is 25.5 Å². The van der Waals surface area contributed by atoms with Crippen LogP contribution in [0.3, 0.4) is 0 Å². The van der Waals surface area contributed by atoms with E-state index < -0.39 is 10.0 Å². The lowest BCUT2D eigenvalue weighted by Crippen LogP contribution is -2.32. The Bertz CT molecular complexity index is 1110. The molecule has 0 spiro atoms. The van der Waals surface area contributed by atoms with Crippen LogP contribution < -0.4 is 15.4 Å². The second kappa shape index (κ2) is 9.62. The van der Waals surface area contributed by atoms with Crippen molar-refractivity contribution in [1.82, 2.24) is 14.7 Å². The summed E-state index contributed by atoms with van der Waals surface area (Å²) < 4.78 is 27.6. The van der Waals surface area contributed by atoms with Gasteiger partial charge in [-0.1, -0.05) is 30.3 Å². The van der Waals surface area contributed by atoms with Crippen molar-refractivity contribution in [3.8, 4) is 0 Å². The minimum absolute atomic E-state index is 0.323. The maximum absolute atomic E-state index is 12.4. The number of hydrogen-bond donors (Lipinski definition) is 3. The van der Waals surface area contributed by atoms with Crippen LogP contribution in [0.5, 0.6) is 0 Å². The van der Waals surface area contributed by atoms with Crippen molar-refractivity contribution >= 4 is 32.7 Å². The van der Waals surface area contributed by atoms with E-state index in [4.69, 9.17) is 0 Å². The maximum atomic E-state index is 12.4. The zero-order valence-electron chi connectivity index (χ0n) is 17.7. The lowest BCUT2D eigenvalue weighted by atomic mass is 9.82. The monoisotopic (exact) mass is 439 g/mol. The van der Waals surface area contributed by atoms with Crippen LogP contribution in [0.2, 0.25) is 0 Å².